The van der Waals surface area contributed by atoms with E-state index in [1.165, 1.54) is 5.56 Å². The predicted molar refractivity (Wildman–Crippen MR) is 65.6 cm³/mol. The summed E-state index contributed by atoms with van der Waals surface area (Å²) < 4.78 is 5.37. The Morgan fingerprint density at radius 3 is 2.56 bits per heavy atom. The first-order valence-corrected chi connectivity index (χ1v) is 5.82. The number of benzene rings is 1. The molecule has 0 unspecified atom stereocenters. The lowest BCUT2D eigenvalue weighted by Gasteiger charge is -2.12. The third-order valence-corrected chi connectivity index (χ3v) is 2.45. The van der Waals surface area contributed by atoms with E-state index >= 15 is 0 Å². The van der Waals surface area contributed by atoms with Crippen LogP contribution in [0.5, 0.6) is 5.75 Å². The molecule has 0 saturated heterocycles. The molecule has 1 atom stereocenters. The molecule has 1 rings (SSSR count). The molecule has 3 heteroatoms. The molecule has 0 radical (unpaired) electrons. The van der Waals surface area contributed by atoms with Gasteiger partial charge < -0.3 is 15.2 Å². The molecule has 0 aliphatic heterocycles. The van der Waals surface area contributed by atoms with E-state index < -0.39 is 0 Å². The zero-order valence-electron chi connectivity index (χ0n) is 10.1. The van der Waals surface area contributed by atoms with Crippen LogP contribution < -0.4 is 10.1 Å². The van der Waals surface area contributed by atoms with Gasteiger partial charge in [0.05, 0.1) is 6.61 Å². The smallest absolute Gasteiger partial charge is 0.119 e. The van der Waals surface area contributed by atoms with E-state index in [-0.39, 0.29) is 6.61 Å². The first-order chi connectivity index (χ1) is 7.76. The normalized spacial score (nSPS) is 12.4. The molecular formula is C13H21NO2. The zero-order chi connectivity index (χ0) is 11.8. The number of nitrogens with one attached hydrogen (secondary N) is 1. The second-order valence-corrected chi connectivity index (χ2v) is 3.87. The summed E-state index contributed by atoms with van der Waals surface area (Å²) in [6.07, 6.45) is 0.789. The van der Waals surface area contributed by atoms with Crippen molar-refractivity contribution in [2.45, 2.75) is 32.9 Å². The molecular weight excluding hydrogens is 202 g/mol. The average molecular weight is 223 g/mol. The van der Waals surface area contributed by atoms with E-state index in [0.29, 0.717) is 12.6 Å². The van der Waals surface area contributed by atoms with Crippen molar-refractivity contribution < 1.29 is 9.84 Å². The van der Waals surface area contributed by atoms with Crippen molar-refractivity contribution in [1.82, 2.24) is 5.32 Å². The zero-order valence-corrected chi connectivity index (χ0v) is 10.1. The van der Waals surface area contributed by atoms with Crippen LogP contribution in [0.4, 0.5) is 0 Å². The molecule has 0 fully saturated rings. The minimum absolute atomic E-state index is 0.234. The Kier molecular flexibility index (Phi) is 5.90. The molecule has 0 spiro atoms. The van der Waals surface area contributed by atoms with Gasteiger partial charge in [0, 0.05) is 19.2 Å². The third kappa shape index (κ3) is 4.64. The predicted octanol–water partition coefficient (Wildman–Crippen LogP) is 1.95. The lowest BCUT2D eigenvalue weighted by molar-refractivity contribution is 0.268. The van der Waals surface area contributed by atoms with Crippen molar-refractivity contribution in [3.05, 3.63) is 29.8 Å². The van der Waals surface area contributed by atoms with Crippen molar-refractivity contribution in [2.75, 3.05) is 13.2 Å². The number of aliphatic hydroxyl groups excluding tert-OH is 1. The Morgan fingerprint density at radius 2 is 2.00 bits per heavy atom. The molecule has 2 N–H and O–H groups in total. The number of hydrogen-bond acceptors (Lipinski definition) is 3. The highest BCUT2D eigenvalue weighted by Crippen LogP contribution is 2.12. The van der Waals surface area contributed by atoms with Crippen LogP contribution in [-0.4, -0.2) is 24.4 Å². The molecule has 0 heterocycles. The number of rotatable bonds is 7. The lowest BCUT2D eigenvalue weighted by atomic mass is 10.2. The standard InChI is InChI=1S/C13H21NO2/c1-3-16-13-6-4-12(5-7-13)10-14-11(2)8-9-15/h4-7,11,14-15H,3,8-10H2,1-2H3/t11-/m1/s1. The van der Waals surface area contributed by atoms with Gasteiger partial charge in [-0.15, -0.1) is 0 Å². The van der Waals surface area contributed by atoms with Crippen molar-refractivity contribution in [3.63, 3.8) is 0 Å². The maximum atomic E-state index is 8.77. The summed E-state index contributed by atoms with van der Waals surface area (Å²) >= 11 is 0. The van der Waals surface area contributed by atoms with Gasteiger partial charge in [-0.3, -0.25) is 0 Å². The van der Waals surface area contributed by atoms with Crippen LogP contribution in [0.3, 0.4) is 0 Å². The summed E-state index contributed by atoms with van der Waals surface area (Å²) in [6, 6.07) is 8.43. The van der Waals surface area contributed by atoms with E-state index in [1.54, 1.807) is 0 Å². The van der Waals surface area contributed by atoms with Gasteiger partial charge in [0.25, 0.3) is 0 Å². The van der Waals surface area contributed by atoms with E-state index in [1.807, 2.05) is 19.1 Å². The van der Waals surface area contributed by atoms with Crippen molar-refractivity contribution >= 4 is 0 Å². The summed E-state index contributed by atoms with van der Waals surface area (Å²) in [4.78, 5) is 0. The van der Waals surface area contributed by atoms with Gasteiger partial charge in [-0.1, -0.05) is 12.1 Å². The van der Waals surface area contributed by atoms with Crippen LogP contribution in [0, 0.1) is 0 Å². The van der Waals surface area contributed by atoms with Crippen molar-refractivity contribution in [1.29, 1.82) is 0 Å². The Labute approximate surface area is 97.4 Å². The van der Waals surface area contributed by atoms with Crippen LogP contribution in [0.2, 0.25) is 0 Å². The molecule has 90 valence electrons. The van der Waals surface area contributed by atoms with Gasteiger partial charge in [0.1, 0.15) is 5.75 Å². The van der Waals surface area contributed by atoms with Crippen LogP contribution in [0.25, 0.3) is 0 Å². The number of hydrogen-bond donors (Lipinski definition) is 2. The second-order valence-electron chi connectivity index (χ2n) is 3.87. The molecule has 0 aliphatic rings. The van der Waals surface area contributed by atoms with E-state index in [4.69, 9.17) is 9.84 Å². The van der Waals surface area contributed by atoms with Crippen LogP contribution in [0.15, 0.2) is 24.3 Å². The summed E-state index contributed by atoms with van der Waals surface area (Å²) in [5.41, 5.74) is 1.23. The van der Waals surface area contributed by atoms with E-state index in [9.17, 15) is 0 Å². The quantitative estimate of drug-likeness (QED) is 0.742. The fourth-order valence-corrected chi connectivity index (χ4v) is 1.46. The molecule has 0 aromatic heterocycles. The Morgan fingerprint density at radius 1 is 1.31 bits per heavy atom. The first kappa shape index (κ1) is 13.0. The van der Waals surface area contributed by atoms with Crippen LogP contribution >= 0.6 is 0 Å². The largest absolute Gasteiger partial charge is 0.494 e. The summed E-state index contributed by atoms with van der Waals surface area (Å²) in [7, 11) is 0. The summed E-state index contributed by atoms with van der Waals surface area (Å²) in [5, 5.41) is 12.1. The lowest BCUT2D eigenvalue weighted by Crippen LogP contribution is -2.26. The Balaban J connectivity index is 2.37. The van der Waals surface area contributed by atoms with Gasteiger partial charge in [-0.2, -0.15) is 0 Å². The van der Waals surface area contributed by atoms with Gasteiger partial charge in [-0.05, 0) is 38.0 Å². The van der Waals surface area contributed by atoms with Crippen molar-refractivity contribution in [3.8, 4) is 5.75 Å². The minimum atomic E-state index is 0.234. The third-order valence-electron chi connectivity index (χ3n) is 2.45. The molecule has 3 nitrogen and oxygen atoms in total. The number of ether oxygens (including phenoxy) is 1. The highest BCUT2D eigenvalue weighted by atomic mass is 16.5. The van der Waals surface area contributed by atoms with Crippen LogP contribution in [0.1, 0.15) is 25.8 Å². The summed E-state index contributed by atoms with van der Waals surface area (Å²) in [6.45, 7) is 5.81. The van der Waals surface area contributed by atoms with Crippen molar-refractivity contribution in [2.24, 2.45) is 0 Å². The Bertz CT molecular complexity index is 284. The Hall–Kier alpha value is -1.06. The maximum Gasteiger partial charge on any atom is 0.119 e. The first-order valence-electron chi connectivity index (χ1n) is 5.82. The highest BCUT2D eigenvalue weighted by Gasteiger charge is 2.00. The second kappa shape index (κ2) is 7.25. The minimum Gasteiger partial charge on any atom is -0.494 e. The molecule has 0 bridgehead atoms. The average Bonchev–Trinajstić information content (AvgIpc) is 2.29. The van der Waals surface area contributed by atoms with E-state index in [2.05, 4.69) is 24.4 Å². The molecule has 0 saturated carbocycles. The fourth-order valence-electron chi connectivity index (χ4n) is 1.46. The number of aliphatic hydroxyl groups is 1. The van der Waals surface area contributed by atoms with Crippen LogP contribution in [-0.2, 0) is 6.54 Å². The van der Waals surface area contributed by atoms with Gasteiger partial charge in [-0.25, -0.2) is 0 Å². The highest BCUT2D eigenvalue weighted by molar-refractivity contribution is 5.27. The monoisotopic (exact) mass is 223 g/mol. The molecule has 16 heavy (non-hydrogen) atoms. The van der Waals surface area contributed by atoms with Gasteiger partial charge in [0.15, 0.2) is 0 Å². The summed E-state index contributed by atoms with van der Waals surface area (Å²) in [5.74, 6) is 0.912. The molecule has 1 aromatic carbocycles. The van der Waals surface area contributed by atoms with E-state index in [0.717, 1.165) is 18.7 Å². The molecule has 0 amide bonds. The van der Waals surface area contributed by atoms with Gasteiger partial charge >= 0.3 is 0 Å². The topological polar surface area (TPSA) is 41.5 Å². The molecule has 0 aliphatic carbocycles. The SMILES string of the molecule is CCOc1ccc(CN[C@H](C)CCO)cc1. The van der Waals surface area contributed by atoms with Gasteiger partial charge in [0.2, 0.25) is 0 Å². The maximum absolute atomic E-state index is 8.77. The molecule has 1 aromatic rings. The fraction of sp³-hybridized carbons (Fsp3) is 0.538.